The summed E-state index contributed by atoms with van der Waals surface area (Å²) < 4.78 is 7.93. The summed E-state index contributed by atoms with van der Waals surface area (Å²) in [5, 5.41) is 10.9. The van der Waals surface area contributed by atoms with E-state index in [0.717, 1.165) is 50.4 Å². The largest absolute Gasteiger partial charge is 0.474 e. The Morgan fingerprint density at radius 2 is 2.19 bits per heavy atom. The Balaban J connectivity index is 1.48. The monoisotopic (exact) mass is 370 g/mol. The van der Waals surface area contributed by atoms with Crippen molar-refractivity contribution in [3.05, 3.63) is 42.4 Å². The molecule has 2 aromatic rings. The van der Waals surface area contributed by atoms with Crippen LogP contribution in [0.15, 0.2) is 41.8 Å². The minimum atomic E-state index is 0.324. The van der Waals surface area contributed by atoms with E-state index in [1.807, 2.05) is 29.1 Å². The number of nitrogens with one attached hydrogen (secondary N) is 2. The van der Waals surface area contributed by atoms with E-state index in [0.29, 0.717) is 18.5 Å². The third kappa shape index (κ3) is 6.58. The van der Waals surface area contributed by atoms with Crippen LogP contribution in [-0.4, -0.2) is 39.9 Å². The molecule has 7 nitrogen and oxygen atoms in total. The maximum Gasteiger partial charge on any atom is 0.213 e. The zero-order chi connectivity index (χ0) is 18.7. The second-order valence-corrected chi connectivity index (χ2v) is 6.77. The molecule has 1 fully saturated rings. The van der Waals surface area contributed by atoms with Crippen molar-refractivity contribution in [1.29, 1.82) is 0 Å². The summed E-state index contributed by atoms with van der Waals surface area (Å²) in [6, 6.07) is 5.94. The van der Waals surface area contributed by atoms with Gasteiger partial charge in [0.05, 0.1) is 6.54 Å². The molecule has 3 rings (SSSR count). The Bertz CT molecular complexity index is 694. The van der Waals surface area contributed by atoms with E-state index in [-0.39, 0.29) is 0 Å². The van der Waals surface area contributed by atoms with Gasteiger partial charge in [0.25, 0.3) is 0 Å². The van der Waals surface area contributed by atoms with Crippen molar-refractivity contribution in [3.8, 4) is 5.88 Å². The van der Waals surface area contributed by atoms with Gasteiger partial charge in [-0.2, -0.15) is 5.10 Å². The van der Waals surface area contributed by atoms with Gasteiger partial charge in [0.15, 0.2) is 5.96 Å². The number of rotatable bonds is 9. The summed E-state index contributed by atoms with van der Waals surface area (Å²) in [6.45, 7) is 5.24. The average molecular weight is 371 g/mol. The lowest BCUT2D eigenvalue weighted by atomic mass is 10.2. The van der Waals surface area contributed by atoms with Crippen LogP contribution < -0.4 is 15.4 Å². The van der Waals surface area contributed by atoms with Gasteiger partial charge in [-0.25, -0.2) is 9.98 Å². The topological polar surface area (TPSA) is 76.4 Å². The number of nitrogens with zero attached hydrogens (tertiary/aromatic N) is 4. The molecule has 0 saturated heterocycles. The highest BCUT2D eigenvalue weighted by Crippen LogP contribution is 2.23. The smallest absolute Gasteiger partial charge is 0.213 e. The highest BCUT2D eigenvalue weighted by atomic mass is 16.5. The molecule has 1 saturated carbocycles. The molecular weight excluding hydrogens is 340 g/mol. The molecule has 0 amide bonds. The molecule has 146 valence electrons. The third-order valence-corrected chi connectivity index (χ3v) is 4.57. The Morgan fingerprint density at radius 3 is 2.96 bits per heavy atom. The average Bonchev–Trinajstić information content (AvgIpc) is 3.37. The van der Waals surface area contributed by atoms with Crippen molar-refractivity contribution in [2.24, 2.45) is 4.99 Å². The fourth-order valence-corrected chi connectivity index (χ4v) is 3.18. The van der Waals surface area contributed by atoms with E-state index in [1.165, 1.54) is 12.8 Å². The van der Waals surface area contributed by atoms with Crippen molar-refractivity contribution in [3.63, 3.8) is 0 Å². The Morgan fingerprint density at radius 1 is 1.30 bits per heavy atom. The zero-order valence-corrected chi connectivity index (χ0v) is 16.1. The predicted octanol–water partition coefficient (Wildman–Crippen LogP) is 2.74. The maximum absolute atomic E-state index is 5.99. The van der Waals surface area contributed by atoms with Gasteiger partial charge in [0, 0.05) is 44.3 Å². The molecule has 27 heavy (non-hydrogen) atoms. The highest BCUT2D eigenvalue weighted by molar-refractivity contribution is 5.79. The van der Waals surface area contributed by atoms with Gasteiger partial charge in [0.1, 0.15) is 6.10 Å². The van der Waals surface area contributed by atoms with Crippen LogP contribution in [0.4, 0.5) is 0 Å². The van der Waals surface area contributed by atoms with Crippen molar-refractivity contribution in [2.75, 3.05) is 13.1 Å². The van der Waals surface area contributed by atoms with Gasteiger partial charge in [-0.3, -0.25) is 4.68 Å². The van der Waals surface area contributed by atoms with Crippen LogP contribution in [0.5, 0.6) is 5.88 Å². The number of pyridine rings is 1. The Hall–Kier alpha value is -2.57. The first-order chi connectivity index (χ1) is 13.3. The lowest BCUT2D eigenvalue weighted by molar-refractivity contribution is 0.201. The number of aryl methyl sites for hydroxylation is 1. The van der Waals surface area contributed by atoms with Crippen molar-refractivity contribution in [2.45, 2.75) is 58.2 Å². The van der Waals surface area contributed by atoms with E-state index >= 15 is 0 Å². The van der Waals surface area contributed by atoms with Crippen molar-refractivity contribution >= 4 is 5.96 Å². The summed E-state index contributed by atoms with van der Waals surface area (Å²) in [7, 11) is 0. The molecule has 2 N–H and O–H groups in total. The number of aromatic nitrogens is 3. The summed E-state index contributed by atoms with van der Waals surface area (Å²) in [5.41, 5.74) is 1.10. The van der Waals surface area contributed by atoms with Crippen LogP contribution in [0.25, 0.3) is 0 Å². The number of hydrogen-bond donors (Lipinski definition) is 2. The van der Waals surface area contributed by atoms with E-state index in [9.17, 15) is 0 Å². The number of aliphatic imine (C=N–C) groups is 1. The van der Waals surface area contributed by atoms with E-state index in [1.54, 1.807) is 12.4 Å². The van der Waals surface area contributed by atoms with Gasteiger partial charge in [-0.05, 0) is 56.7 Å². The van der Waals surface area contributed by atoms with Gasteiger partial charge >= 0.3 is 0 Å². The lowest BCUT2D eigenvalue weighted by Crippen LogP contribution is -2.38. The number of ether oxygens (including phenoxy) is 1. The maximum atomic E-state index is 5.99. The first-order valence-electron chi connectivity index (χ1n) is 9.94. The van der Waals surface area contributed by atoms with Crippen molar-refractivity contribution in [1.82, 2.24) is 25.4 Å². The fraction of sp³-hybridized carbons (Fsp3) is 0.550. The zero-order valence-electron chi connectivity index (χ0n) is 16.1. The number of guanidine groups is 1. The molecule has 1 aliphatic carbocycles. The fourth-order valence-electron chi connectivity index (χ4n) is 3.18. The molecule has 0 unspecified atom stereocenters. The lowest BCUT2D eigenvalue weighted by Gasteiger charge is -2.13. The van der Waals surface area contributed by atoms with Crippen LogP contribution in [0.3, 0.4) is 0 Å². The molecule has 0 spiro atoms. The van der Waals surface area contributed by atoms with Gasteiger partial charge in [-0.15, -0.1) is 0 Å². The first-order valence-corrected chi connectivity index (χ1v) is 9.94. The number of hydrogen-bond acceptors (Lipinski definition) is 4. The third-order valence-electron chi connectivity index (χ3n) is 4.57. The van der Waals surface area contributed by atoms with Crippen LogP contribution in [0, 0.1) is 0 Å². The molecule has 0 aromatic carbocycles. The molecule has 7 heteroatoms. The Labute approximate surface area is 161 Å². The minimum Gasteiger partial charge on any atom is -0.474 e. The van der Waals surface area contributed by atoms with Crippen LogP contribution in [0.2, 0.25) is 0 Å². The summed E-state index contributed by atoms with van der Waals surface area (Å²) in [4.78, 5) is 9.02. The van der Waals surface area contributed by atoms with Crippen LogP contribution in [-0.2, 0) is 13.1 Å². The summed E-state index contributed by atoms with van der Waals surface area (Å²) in [5.74, 6) is 1.54. The molecular formula is C20H30N6O. The molecule has 2 aromatic heterocycles. The predicted molar refractivity (Wildman–Crippen MR) is 107 cm³/mol. The first kappa shape index (κ1) is 19.2. The van der Waals surface area contributed by atoms with Gasteiger partial charge < -0.3 is 15.4 Å². The van der Waals surface area contributed by atoms with E-state index in [2.05, 4.69) is 32.6 Å². The van der Waals surface area contributed by atoms with Gasteiger partial charge in [-0.1, -0.05) is 0 Å². The van der Waals surface area contributed by atoms with Crippen molar-refractivity contribution < 1.29 is 4.74 Å². The normalized spacial score (nSPS) is 15.1. The Kier molecular flexibility index (Phi) is 7.50. The standard InChI is InChI=1S/C20H30N6O/c1-2-21-20(23-10-5-13-26-14-6-11-25-26)24-16-17-9-12-22-19(15-17)27-18-7-3-4-8-18/h6,9,11-12,14-15,18H,2-5,7-8,10,13,16H2,1H3,(H2,21,23,24). The SMILES string of the molecule is CCNC(=NCc1ccnc(OC2CCCC2)c1)NCCCn1cccn1. The van der Waals surface area contributed by atoms with E-state index < -0.39 is 0 Å². The summed E-state index contributed by atoms with van der Waals surface area (Å²) in [6.07, 6.45) is 11.7. The highest BCUT2D eigenvalue weighted by Gasteiger charge is 2.16. The molecule has 0 radical (unpaired) electrons. The van der Waals surface area contributed by atoms with Crippen LogP contribution >= 0.6 is 0 Å². The molecule has 2 heterocycles. The second kappa shape index (κ2) is 10.5. The quantitative estimate of drug-likeness (QED) is 0.403. The molecule has 1 aliphatic rings. The minimum absolute atomic E-state index is 0.324. The molecule has 0 atom stereocenters. The van der Waals surface area contributed by atoms with E-state index in [4.69, 9.17) is 4.74 Å². The van der Waals surface area contributed by atoms with Crippen LogP contribution in [0.1, 0.15) is 44.6 Å². The molecule has 0 aliphatic heterocycles. The summed E-state index contributed by atoms with van der Waals surface area (Å²) >= 11 is 0. The van der Waals surface area contributed by atoms with Gasteiger partial charge in [0.2, 0.25) is 5.88 Å². The second-order valence-electron chi connectivity index (χ2n) is 6.77. The molecule has 0 bridgehead atoms.